The van der Waals surface area contributed by atoms with Crippen LogP contribution in [0.4, 0.5) is 0 Å². The molecule has 0 amide bonds. The van der Waals surface area contributed by atoms with Gasteiger partial charge in [-0.25, -0.2) is 4.98 Å². The first-order valence-corrected chi connectivity index (χ1v) is 7.92. The van der Waals surface area contributed by atoms with Crippen molar-refractivity contribution >= 4 is 11.3 Å². The lowest BCUT2D eigenvalue weighted by Crippen LogP contribution is -2.29. The van der Waals surface area contributed by atoms with E-state index in [-0.39, 0.29) is 12.1 Å². The molecule has 3 N–H and O–H groups in total. The lowest BCUT2D eigenvalue weighted by Gasteiger charge is -2.16. The number of nitrogens with zero attached hydrogens (tertiary/aromatic N) is 1. The average molecular weight is 289 g/mol. The SMILES string of the molecule is CCc1cnc(C(C)NCC(N)c2ccc(C)cc2)s1. The Balaban J connectivity index is 1.89. The molecule has 2 atom stereocenters. The van der Waals surface area contributed by atoms with Gasteiger partial charge in [-0.3, -0.25) is 0 Å². The van der Waals surface area contributed by atoms with Gasteiger partial charge in [0.25, 0.3) is 0 Å². The quantitative estimate of drug-likeness (QED) is 0.857. The van der Waals surface area contributed by atoms with Crippen molar-refractivity contribution in [2.24, 2.45) is 5.73 Å². The van der Waals surface area contributed by atoms with E-state index in [4.69, 9.17) is 5.73 Å². The summed E-state index contributed by atoms with van der Waals surface area (Å²) in [6.07, 6.45) is 3.02. The lowest BCUT2D eigenvalue weighted by atomic mass is 10.1. The van der Waals surface area contributed by atoms with Crippen LogP contribution < -0.4 is 11.1 Å². The molecule has 0 aliphatic carbocycles. The zero-order valence-corrected chi connectivity index (χ0v) is 13.2. The monoisotopic (exact) mass is 289 g/mol. The van der Waals surface area contributed by atoms with Gasteiger partial charge in [0.05, 0.1) is 6.04 Å². The molecule has 0 radical (unpaired) electrons. The fourth-order valence-electron chi connectivity index (χ4n) is 2.01. The molecule has 0 fully saturated rings. The summed E-state index contributed by atoms with van der Waals surface area (Å²) in [7, 11) is 0. The molecule has 1 aromatic carbocycles. The van der Waals surface area contributed by atoms with Crippen LogP contribution in [-0.2, 0) is 6.42 Å². The molecular formula is C16H23N3S. The van der Waals surface area contributed by atoms with Gasteiger partial charge in [0.2, 0.25) is 0 Å². The molecular weight excluding hydrogens is 266 g/mol. The Hall–Kier alpha value is -1.23. The van der Waals surface area contributed by atoms with Crippen LogP contribution in [0.2, 0.25) is 0 Å². The molecule has 0 aliphatic rings. The van der Waals surface area contributed by atoms with Crippen molar-refractivity contribution in [3.05, 3.63) is 51.5 Å². The molecule has 0 saturated heterocycles. The summed E-state index contributed by atoms with van der Waals surface area (Å²) in [5.74, 6) is 0. The molecule has 0 aliphatic heterocycles. The molecule has 2 aromatic rings. The maximum absolute atomic E-state index is 6.22. The Morgan fingerprint density at radius 2 is 2.00 bits per heavy atom. The van der Waals surface area contributed by atoms with Crippen LogP contribution >= 0.6 is 11.3 Å². The molecule has 1 heterocycles. The van der Waals surface area contributed by atoms with Gasteiger partial charge < -0.3 is 11.1 Å². The van der Waals surface area contributed by atoms with Crippen LogP contribution in [-0.4, -0.2) is 11.5 Å². The van der Waals surface area contributed by atoms with Crippen molar-refractivity contribution in [2.45, 2.75) is 39.3 Å². The highest BCUT2D eigenvalue weighted by Gasteiger charge is 2.12. The number of hydrogen-bond donors (Lipinski definition) is 2. The van der Waals surface area contributed by atoms with E-state index in [0.29, 0.717) is 0 Å². The van der Waals surface area contributed by atoms with E-state index in [0.717, 1.165) is 18.0 Å². The molecule has 2 rings (SSSR count). The Morgan fingerprint density at radius 1 is 1.30 bits per heavy atom. The standard InChI is InChI=1S/C16H23N3S/c1-4-14-9-19-16(20-14)12(3)18-10-15(17)13-7-5-11(2)6-8-13/h5-9,12,15,18H,4,10,17H2,1-3H3. The molecule has 1 aromatic heterocycles. The Kier molecular flexibility index (Phi) is 5.29. The first-order chi connectivity index (χ1) is 9.60. The number of rotatable bonds is 6. The number of hydrogen-bond acceptors (Lipinski definition) is 4. The van der Waals surface area contributed by atoms with Crippen LogP contribution in [0, 0.1) is 6.92 Å². The average Bonchev–Trinajstić information content (AvgIpc) is 2.94. The fourth-order valence-corrected chi connectivity index (χ4v) is 2.89. The summed E-state index contributed by atoms with van der Waals surface area (Å²) < 4.78 is 0. The largest absolute Gasteiger partial charge is 0.323 e. The highest BCUT2D eigenvalue weighted by atomic mass is 32.1. The van der Waals surface area contributed by atoms with E-state index >= 15 is 0 Å². The number of aryl methyl sites for hydroxylation is 2. The number of thiazole rings is 1. The van der Waals surface area contributed by atoms with Gasteiger partial charge in [-0.1, -0.05) is 36.8 Å². The minimum Gasteiger partial charge on any atom is -0.323 e. The second kappa shape index (κ2) is 6.97. The van der Waals surface area contributed by atoms with Crippen molar-refractivity contribution in [3.63, 3.8) is 0 Å². The van der Waals surface area contributed by atoms with E-state index in [2.05, 4.69) is 55.3 Å². The van der Waals surface area contributed by atoms with Gasteiger partial charge in [0, 0.05) is 23.7 Å². The highest BCUT2D eigenvalue weighted by Crippen LogP contribution is 2.20. The fraction of sp³-hybridized carbons (Fsp3) is 0.438. The van der Waals surface area contributed by atoms with Gasteiger partial charge in [-0.2, -0.15) is 0 Å². The second-order valence-electron chi connectivity index (χ2n) is 5.17. The molecule has 4 heteroatoms. The van der Waals surface area contributed by atoms with Crippen LogP contribution in [0.25, 0.3) is 0 Å². The molecule has 0 bridgehead atoms. The summed E-state index contributed by atoms with van der Waals surface area (Å²) in [6.45, 7) is 7.14. The third-order valence-electron chi connectivity index (χ3n) is 3.44. The van der Waals surface area contributed by atoms with Crippen molar-refractivity contribution in [1.29, 1.82) is 0 Å². The topological polar surface area (TPSA) is 50.9 Å². The zero-order valence-electron chi connectivity index (χ0n) is 12.4. The number of nitrogens with one attached hydrogen (secondary N) is 1. The predicted octanol–water partition coefficient (Wildman–Crippen LogP) is 3.36. The van der Waals surface area contributed by atoms with Crippen LogP contribution in [0.15, 0.2) is 30.5 Å². The minimum atomic E-state index is 0.0173. The van der Waals surface area contributed by atoms with E-state index in [1.54, 1.807) is 11.3 Å². The number of nitrogens with two attached hydrogens (primary N) is 1. The van der Waals surface area contributed by atoms with Crippen molar-refractivity contribution in [2.75, 3.05) is 6.54 Å². The smallest absolute Gasteiger partial charge is 0.109 e. The first-order valence-electron chi connectivity index (χ1n) is 7.10. The maximum atomic E-state index is 6.22. The van der Waals surface area contributed by atoms with Gasteiger partial charge >= 0.3 is 0 Å². The van der Waals surface area contributed by atoms with Crippen molar-refractivity contribution in [1.82, 2.24) is 10.3 Å². The van der Waals surface area contributed by atoms with E-state index in [1.165, 1.54) is 16.0 Å². The van der Waals surface area contributed by atoms with Gasteiger partial charge in [0.15, 0.2) is 0 Å². The lowest BCUT2D eigenvalue weighted by molar-refractivity contribution is 0.525. The molecule has 108 valence electrons. The van der Waals surface area contributed by atoms with Gasteiger partial charge in [-0.15, -0.1) is 11.3 Å². The predicted molar refractivity (Wildman–Crippen MR) is 86.0 cm³/mol. The summed E-state index contributed by atoms with van der Waals surface area (Å²) in [4.78, 5) is 5.79. The van der Waals surface area contributed by atoms with E-state index < -0.39 is 0 Å². The summed E-state index contributed by atoms with van der Waals surface area (Å²) >= 11 is 1.78. The maximum Gasteiger partial charge on any atom is 0.109 e. The van der Waals surface area contributed by atoms with Crippen molar-refractivity contribution in [3.8, 4) is 0 Å². The Morgan fingerprint density at radius 3 is 2.60 bits per heavy atom. The summed E-state index contributed by atoms with van der Waals surface area (Å²) in [5.41, 5.74) is 8.65. The van der Waals surface area contributed by atoms with Gasteiger partial charge in [-0.05, 0) is 25.8 Å². The molecule has 3 nitrogen and oxygen atoms in total. The zero-order chi connectivity index (χ0) is 14.5. The first kappa shape index (κ1) is 15.2. The summed E-state index contributed by atoms with van der Waals surface area (Å²) in [5, 5.41) is 4.61. The minimum absolute atomic E-state index is 0.0173. The molecule has 0 saturated carbocycles. The number of benzene rings is 1. The van der Waals surface area contributed by atoms with Crippen LogP contribution in [0.5, 0.6) is 0 Å². The highest BCUT2D eigenvalue weighted by molar-refractivity contribution is 7.11. The summed E-state index contributed by atoms with van der Waals surface area (Å²) in [6, 6.07) is 8.68. The van der Waals surface area contributed by atoms with Gasteiger partial charge in [0.1, 0.15) is 5.01 Å². The van der Waals surface area contributed by atoms with Crippen LogP contribution in [0.3, 0.4) is 0 Å². The van der Waals surface area contributed by atoms with E-state index in [1.807, 2.05) is 6.20 Å². The third-order valence-corrected chi connectivity index (χ3v) is 4.76. The molecule has 20 heavy (non-hydrogen) atoms. The number of aromatic nitrogens is 1. The van der Waals surface area contributed by atoms with E-state index in [9.17, 15) is 0 Å². The Labute approximate surface area is 125 Å². The van der Waals surface area contributed by atoms with Crippen molar-refractivity contribution < 1.29 is 0 Å². The normalized spacial score (nSPS) is 14.2. The third kappa shape index (κ3) is 3.88. The Bertz CT molecular complexity index is 533. The second-order valence-corrected chi connectivity index (χ2v) is 6.31. The van der Waals surface area contributed by atoms with Crippen LogP contribution in [0.1, 0.15) is 46.9 Å². The molecule has 0 spiro atoms. The molecule has 2 unspecified atom stereocenters.